The predicted molar refractivity (Wildman–Crippen MR) is 557 cm³/mol. The summed E-state index contributed by atoms with van der Waals surface area (Å²) >= 11 is 0. The lowest BCUT2D eigenvalue weighted by Crippen LogP contribution is -2.37. The number of aryl methyl sites for hydroxylation is 4. The third kappa shape index (κ3) is 20.0. The van der Waals surface area contributed by atoms with Gasteiger partial charge >= 0.3 is 11.4 Å². The van der Waals surface area contributed by atoms with Gasteiger partial charge in [-0.3, -0.25) is 27.9 Å². The number of imidazole rings is 2. The summed E-state index contributed by atoms with van der Waals surface area (Å²) in [7, 11) is -5.93. The minimum Gasteiger partial charge on any atom is -0.349 e. The molecular formula is C108H126F4N18O16P4. The molecule has 2 N–H and O–H groups in total. The van der Waals surface area contributed by atoms with Gasteiger partial charge in [-0.1, -0.05) is 185 Å². The molecule has 42 heteroatoms. The Hall–Kier alpha value is -10.1. The van der Waals surface area contributed by atoms with Crippen LogP contribution in [0.5, 0.6) is 0 Å². The van der Waals surface area contributed by atoms with Gasteiger partial charge in [0.05, 0.1) is 72.6 Å². The van der Waals surface area contributed by atoms with Crippen LogP contribution in [0.15, 0.2) is 229 Å². The van der Waals surface area contributed by atoms with E-state index < -0.39 is 166 Å². The van der Waals surface area contributed by atoms with E-state index in [1.807, 2.05) is 126 Å². The van der Waals surface area contributed by atoms with Crippen molar-refractivity contribution in [1.82, 2.24) is 76.8 Å². The van der Waals surface area contributed by atoms with E-state index in [1.54, 1.807) is 84.2 Å². The van der Waals surface area contributed by atoms with Gasteiger partial charge < -0.3 is 65.8 Å². The van der Waals surface area contributed by atoms with Crippen LogP contribution in [0.1, 0.15) is 223 Å². The van der Waals surface area contributed by atoms with Crippen LogP contribution in [-0.2, 0) is 77.5 Å². The number of ether oxygens (including phenoxy) is 4. The fourth-order valence-electron chi connectivity index (χ4n) is 23.0. The summed E-state index contributed by atoms with van der Waals surface area (Å²) < 4.78 is 156. The van der Waals surface area contributed by atoms with E-state index in [-0.39, 0.29) is 47.6 Å². The van der Waals surface area contributed by atoms with Gasteiger partial charge in [-0.25, -0.2) is 75.7 Å². The highest BCUT2D eigenvalue weighted by Gasteiger charge is 2.64. The molecule has 0 bridgehead atoms. The number of rotatable bonds is 24. The maximum Gasteiger partial charge on any atom is 0.351 e. The normalized spacial score (nSPS) is 33.4. The molecule has 28 atom stereocenters. The molecule has 6 aromatic carbocycles. The molecule has 0 saturated carbocycles. The molecule has 0 spiro atoms. The van der Waals surface area contributed by atoms with E-state index in [0.29, 0.717) is 70.3 Å². The lowest BCUT2D eigenvalue weighted by Gasteiger charge is -2.29. The molecule has 34 nitrogen and oxygen atoms in total. The zero-order valence-electron chi connectivity index (χ0n) is 85.6. The number of aromatic nitrogens is 12. The van der Waals surface area contributed by atoms with Gasteiger partial charge in [-0.15, -0.1) is 0 Å². The molecule has 792 valence electrons. The van der Waals surface area contributed by atoms with Crippen molar-refractivity contribution in [2.24, 2.45) is 0 Å². The second-order valence-electron chi connectivity index (χ2n) is 40.6. The van der Waals surface area contributed by atoms with E-state index in [1.165, 1.54) is 25.0 Å². The number of carbonyl (C=O) groups excluding carboxylic acids is 2. The van der Waals surface area contributed by atoms with Gasteiger partial charge in [0.25, 0.3) is 45.9 Å². The van der Waals surface area contributed by atoms with Crippen molar-refractivity contribution < 1.29 is 82.3 Å². The number of hydrogen-bond donors (Lipinski definition) is 2. The first-order valence-corrected chi connectivity index (χ1v) is 56.4. The summed E-state index contributed by atoms with van der Waals surface area (Å²) in [6.45, 7) is 26.8. The Morgan fingerprint density at radius 2 is 0.620 bits per heavy atom. The number of carbonyl (C=O) groups is 2. The second kappa shape index (κ2) is 44.4. The maximum absolute atomic E-state index is 16.2. The van der Waals surface area contributed by atoms with Crippen LogP contribution in [0, 0.1) is 27.7 Å². The molecular weight excluding hydrogens is 2010 g/mol. The summed E-state index contributed by atoms with van der Waals surface area (Å²) in [6.07, 6.45) is 4.13. The number of alkyl halides is 4. The average molecular weight is 2130 g/mol. The monoisotopic (exact) mass is 2130 g/mol. The summed E-state index contributed by atoms with van der Waals surface area (Å²) in [6, 6.07) is 58.7. The fourth-order valence-corrected chi connectivity index (χ4v) is 31.6. The molecule has 4 unspecified atom stereocenters. The Labute approximate surface area is 872 Å². The Bertz CT molecular complexity index is 6490. The number of hydrogen-bond acceptors (Lipinski definition) is 28. The van der Waals surface area contributed by atoms with Crippen LogP contribution in [0.2, 0.25) is 0 Å². The highest BCUT2D eigenvalue weighted by Crippen LogP contribution is 2.69. The molecule has 12 aromatic rings. The van der Waals surface area contributed by atoms with Crippen LogP contribution in [0.25, 0.3) is 22.3 Å². The van der Waals surface area contributed by atoms with Crippen molar-refractivity contribution in [3.63, 3.8) is 0 Å². The standard InChI is InChI=1S/2C30H34FN4O5P.2C24H29FN5O3P/c2*1-4-22-25(39-41-35-17-11-16-23(35)30(3,40-41)21-14-9-6-10-15-21)24(31)28(38-22)34-18-19(2)26(33-29(34)37)32-27(36)20-12-7-5-8-13-20;2*1-4-17-21(19(25)23(31-17)29-14-28-20-15(2)26-13-27-22(20)29)32-34-30-12-8-11-18(30)24(3,33-34)16-9-6-5-7-10-16/h2*5-10,12-15,18,22-25,28H,4,11,16-17H2,1-3H3,(H,32,33,36,37);2*5-7,9-10,13-14,17-19,21,23H,4,8,11-12H2,1-3H3/t22-,23+,24?,25+,28-,30-,41+;22-,23-,24?,25+,28-,30+,41-;17-,18+,19?,21+,23-,24-,34+;17-,18-,19?,21+,23-,24+,34-/m1111/s1. The highest BCUT2D eigenvalue weighted by molar-refractivity contribution is 7.45. The molecule has 150 heavy (non-hydrogen) atoms. The van der Waals surface area contributed by atoms with Gasteiger partial charge in [0.15, 0.2) is 60.9 Å². The first-order valence-electron chi connectivity index (χ1n) is 51.9. The lowest BCUT2D eigenvalue weighted by atomic mass is 9.87. The van der Waals surface area contributed by atoms with Crippen molar-refractivity contribution in [1.29, 1.82) is 0 Å². The highest BCUT2D eigenvalue weighted by atomic mass is 31.2. The largest absolute Gasteiger partial charge is 0.351 e. The van der Waals surface area contributed by atoms with Gasteiger partial charge in [0, 0.05) is 60.8 Å². The predicted octanol–water partition coefficient (Wildman–Crippen LogP) is 20.5. The Morgan fingerprint density at radius 1 is 0.367 bits per heavy atom. The summed E-state index contributed by atoms with van der Waals surface area (Å²) in [5.41, 5.74) is 6.69. The number of fused-ring (bicyclic) bond motifs is 6. The van der Waals surface area contributed by atoms with E-state index in [4.69, 9.17) is 55.1 Å². The molecule has 24 rings (SSSR count). The minimum atomic E-state index is -1.63. The average Bonchev–Trinajstić information content (AvgIpc) is 1.58. The number of nitrogens with one attached hydrogen (secondary N) is 2. The summed E-state index contributed by atoms with van der Waals surface area (Å²) in [5, 5.41) is 5.35. The van der Waals surface area contributed by atoms with E-state index in [2.05, 4.69) is 145 Å². The third-order valence-electron chi connectivity index (χ3n) is 31.2. The van der Waals surface area contributed by atoms with Crippen molar-refractivity contribution >= 4 is 79.9 Å². The molecule has 12 fully saturated rings. The van der Waals surface area contributed by atoms with Gasteiger partial charge in [-0.2, -0.15) is 9.97 Å². The number of anilines is 2. The van der Waals surface area contributed by atoms with Gasteiger partial charge in [-0.05, 0) is 179 Å². The number of nitrogens with zero attached hydrogens (tertiary/aromatic N) is 16. The Morgan fingerprint density at radius 3 is 0.880 bits per heavy atom. The molecule has 12 saturated heterocycles. The molecule has 0 radical (unpaired) electrons. The summed E-state index contributed by atoms with van der Waals surface area (Å²) in [5.74, 6) is -0.534. The lowest BCUT2D eigenvalue weighted by molar-refractivity contribution is -0.0272. The Kier molecular flexibility index (Phi) is 31.3. The fraction of sp³-hybridized carbons (Fsp3) is 0.481. The number of amides is 2. The molecule has 18 heterocycles. The SMILES string of the molecule is CC[C@H]1O[C@@H](n2cc(C)c(NC(=O)c3ccccc3)nc2=O)C(F)[C@H]1O[P@@]1O[C@](C)(c2ccccc2)[C@@H]2CCCN21.CC[C@H]1O[C@@H](n2cc(C)c(NC(=O)c3ccccc3)nc2=O)C(F)[C@H]1O[P@]1O[C@@](C)(c2ccccc2)[C@H]2CCCN21.CC[C@H]1O[C@@H](n2cnc3c(C)ncnc32)C(F)[C@H]1O[P@@]1O[C@](C)(c2ccccc2)[C@@H]2CCCN21.CC[C@H]1O[C@@H](n2cnc3c(C)ncnc32)C(F)[C@H]1O[P@]1O[C@@](C)(c2ccccc2)[C@H]2CCCN21. The minimum absolute atomic E-state index is 0.122. The van der Waals surface area contributed by atoms with Crippen molar-refractivity contribution in [2.45, 2.75) is 305 Å². The first kappa shape index (κ1) is 106. The second-order valence-corrected chi connectivity index (χ2v) is 46.1. The van der Waals surface area contributed by atoms with Crippen molar-refractivity contribution in [2.75, 3.05) is 36.8 Å². The van der Waals surface area contributed by atoms with Crippen molar-refractivity contribution in [3.8, 4) is 0 Å². The van der Waals surface area contributed by atoms with Gasteiger partial charge in [0.2, 0.25) is 0 Å². The topological polar surface area (TPSA) is 339 Å². The molecule has 0 aliphatic carbocycles. The van der Waals surface area contributed by atoms with E-state index >= 15 is 17.6 Å². The zero-order chi connectivity index (χ0) is 104. The van der Waals surface area contributed by atoms with Crippen molar-refractivity contribution in [3.05, 3.63) is 297 Å². The smallest absolute Gasteiger partial charge is 0.349 e. The van der Waals surface area contributed by atoms with Crippen LogP contribution in [0.4, 0.5) is 29.2 Å². The molecule has 12 aliphatic heterocycles. The summed E-state index contributed by atoms with van der Waals surface area (Å²) in [4.78, 5) is 85.2. The van der Waals surface area contributed by atoms with Crippen LogP contribution in [0.3, 0.4) is 0 Å². The quantitative estimate of drug-likeness (QED) is 0.0419. The van der Waals surface area contributed by atoms with Crippen LogP contribution in [-0.4, -0.2) is 213 Å². The first-order chi connectivity index (χ1) is 72.6. The molecule has 6 aromatic heterocycles. The Balaban J connectivity index is 0.000000117. The molecule has 2 amide bonds. The third-order valence-corrected chi connectivity index (χ3v) is 38.7. The van der Waals surface area contributed by atoms with Crippen LogP contribution >= 0.6 is 34.1 Å². The van der Waals surface area contributed by atoms with Crippen LogP contribution < -0.4 is 22.0 Å². The molecule has 12 aliphatic rings. The van der Waals surface area contributed by atoms with Gasteiger partial charge in [0.1, 0.15) is 82.1 Å². The number of halogens is 4. The number of benzene rings is 6. The maximum atomic E-state index is 16.2. The zero-order valence-corrected chi connectivity index (χ0v) is 89.2. The van der Waals surface area contributed by atoms with E-state index in [9.17, 15) is 19.2 Å². The van der Waals surface area contributed by atoms with E-state index in [0.717, 1.165) is 120 Å².